The summed E-state index contributed by atoms with van der Waals surface area (Å²) in [7, 11) is 0. The summed E-state index contributed by atoms with van der Waals surface area (Å²) in [5, 5.41) is 0.0900. The molecule has 0 aliphatic heterocycles. The van der Waals surface area contributed by atoms with Gasteiger partial charge in [-0.1, -0.05) is 38.4 Å². The van der Waals surface area contributed by atoms with Crippen molar-refractivity contribution in [1.82, 2.24) is 0 Å². The molecule has 0 aliphatic rings. The molecule has 84 valence electrons. The van der Waals surface area contributed by atoms with Gasteiger partial charge in [-0.25, -0.2) is 4.39 Å². The standard InChI is InChI=1S/C11H14BrClFN/c1-11(2,3)10(15)6-4-5-7(12)8(13)9(6)14/h4-5,10H,15H2,1-3H3. The van der Waals surface area contributed by atoms with Crippen molar-refractivity contribution in [2.45, 2.75) is 26.8 Å². The maximum absolute atomic E-state index is 13.8. The fourth-order valence-electron chi connectivity index (χ4n) is 1.25. The molecule has 0 fully saturated rings. The van der Waals surface area contributed by atoms with Gasteiger partial charge in [0.2, 0.25) is 0 Å². The molecule has 0 amide bonds. The average molecular weight is 295 g/mol. The number of nitrogens with two attached hydrogens (primary N) is 1. The monoisotopic (exact) mass is 293 g/mol. The quantitative estimate of drug-likeness (QED) is 0.768. The highest BCUT2D eigenvalue weighted by Crippen LogP contribution is 2.36. The summed E-state index contributed by atoms with van der Waals surface area (Å²) < 4.78 is 14.3. The summed E-state index contributed by atoms with van der Waals surface area (Å²) >= 11 is 8.97. The molecule has 0 aliphatic carbocycles. The van der Waals surface area contributed by atoms with Crippen molar-refractivity contribution in [3.8, 4) is 0 Å². The number of rotatable bonds is 1. The van der Waals surface area contributed by atoms with Gasteiger partial charge in [0.05, 0.1) is 5.02 Å². The van der Waals surface area contributed by atoms with Crippen LogP contribution in [0.4, 0.5) is 4.39 Å². The van der Waals surface area contributed by atoms with Crippen LogP contribution in [0.15, 0.2) is 16.6 Å². The van der Waals surface area contributed by atoms with Crippen molar-refractivity contribution >= 4 is 27.5 Å². The Bertz CT molecular complexity index is 374. The zero-order chi connectivity index (χ0) is 11.8. The fourth-order valence-corrected chi connectivity index (χ4v) is 1.73. The van der Waals surface area contributed by atoms with E-state index in [1.54, 1.807) is 12.1 Å². The second-order valence-corrected chi connectivity index (χ2v) is 5.84. The van der Waals surface area contributed by atoms with Gasteiger partial charge in [0.15, 0.2) is 0 Å². The zero-order valence-electron chi connectivity index (χ0n) is 8.94. The van der Waals surface area contributed by atoms with E-state index in [9.17, 15) is 4.39 Å². The van der Waals surface area contributed by atoms with E-state index in [4.69, 9.17) is 17.3 Å². The molecule has 0 radical (unpaired) electrons. The molecular weight excluding hydrogens is 280 g/mol. The Morgan fingerprint density at radius 1 is 1.40 bits per heavy atom. The van der Waals surface area contributed by atoms with Crippen molar-refractivity contribution < 1.29 is 4.39 Å². The first-order chi connectivity index (χ1) is 6.75. The van der Waals surface area contributed by atoms with Crippen LogP contribution in [0.5, 0.6) is 0 Å². The minimum atomic E-state index is -0.437. The van der Waals surface area contributed by atoms with Crippen LogP contribution in [-0.2, 0) is 0 Å². The third kappa shape index (κ3) is 2.71. The Morgan fingerprint density at radius 3 is 2.40 bits per heavy atom. The highest BCUT2D eigenvalue weighted by atomic mass is 79.9. The van der Waals surface area contributed by atoms with Crippen molar-refractivity contribution in [1.29, 1.82) is 0 Å². The molecule has 0 spiro atoms. The van der Waals surface area contributed by atoms with E-state index in [2.05, 4.69) is 15.9 Å². The first-order valence-corrected chi connectivity index (χ1v) is 5.81. The molecule has 1 aromatic carbocycles. The van der Waals surface area contributed by atoms with Crippen LogP contribution in [0.25, 0.3) is 0 Å². The summed E-state index contributed by atoms with van der Waals surface area (Å²) in [6.45, 7) is 5.90. The maximum atomic E-state index is 13.8. The van der Waals surface area contributed by atoms with E-state index in [0.717, 1.165) is 0 Å². The molecule has 4 heteroatoms. The van der Waals surface area contributed by atoms with E-state index in [0.29, 0.717) is 10.0 Å². The molecule has 1 rings (SSSR count). The molecule has 2 N–H and O–H groups in total. The van der Waals surface area contributed by atoms with Crippen LogP contribution in [0.2, 0.25) is 5.02 Å². The first kappa shape index (κ1) is 12.9. The Kier molecular flexibility index (Phi) is 3.80. The highest BCUT2D eigenvalue weighted by Gasteiger charge is 2.26. The zero-order valence-corrected chi connectivity index (χ0v) is 11.3. The normalized spacial score (nSPS) is 14.1. The van der Waals surface area contributed by atoms with Crippen molar-refractivity contribution in [3.05, 3.63) is 33.0 Å². The molecule has 15 heavy (non-hydrogen) atoms. The molecule has 1 atom stereocenters. The van der Waals surface area contributed by atoms with Gasteiger partial charge in [0.1, 0.15) is 5.82 Å². The van der Waals surface area contributed by atoms with Crippen molar-refractivity contribution in [2.24, 2.45) is 11.1 Å². The van der Waals surface area contributed by atoms with Gasteiger partial charge in [-0.3, -0.25) is 0 Å². The summed E-state index contributed by atoms with van der Waals surface area (Å²) in [4.78, 5) is 0. The van der Waals surface area contributed by atoms with Crippen LogP contribution < -0.4 is 5.73 Å². The Labute approximate surface area is 103 Å². The minimum absolute atomic E-state index is 0.0900. The van der Waals surface area contributed by atoms with Crippen LogP contribution in [-0.4, -0.2) is 0 Å². The smallest absolute Gasteiger partial charge is 0.147 e. The lowest BCUT2D eigenvalue weighted by Gasteiger charge is -2.28. The van der Waals surface area contributed by atoms with Gasteiger partial charge in [0, 0.05) is 16.1 Å². The van der Waals surface area contributed by atoms with E-state index >= 15 is 0 Å². The van der Waals surface area contributed by atoms with Crippen molar-refractivity contribution in [2.75, 3.05) is 0 Å². The first-order valence-electron chi connectivity index (χ1n) is 4.64. The Morgan fingerprint density at radius 2 is 1.93 bits per heavy atom. The molecular formula is C11H14BrClFN. The molecule has 0 heterocycles. The lowest BCUT2D eigenvalue weighted by Crippen LogP contribution is -2.27. The Balaban J connectivity index is 3.23. The summed E-state index contributed by atoms with van der Waals surface area (Å²) in [5.41, 5.74) is 6.24. The lowest BCUT2D eigenvalue weighted by atomic mass is 9.83. The summed E-state index contributed by atoms with van der Waals surface area (Å²) in [6, 6.07) is 3.01. The lowest BCUT2D eigenvalue weighted by molar-refractivity contribution is 0.319. The third-order valence-corrected chi connectivity index (χ3v) is 3.59. The van der Waals surface area contributed by atoms with Gasteiger partial charge in [-0.2, -0.15) is 0 Å². The predicted octanol–water partition coefficient (Wildman–Crippen LogP) is 4.29. The SMILES string of the molecule is CC(C)(C)C(N)c1ccc(Br)c(Cl)c1F. The van der Waals surface area contributed by atoms with Gasteiger partial charge in [0.25, 0.3) is 0 Å². The Hall–Kier alpha value is -0.120. The average Bonchev–Trinajstić information content (AvgIpc) is 2.12. The predicted molar refractivity (Wildman–Crippen MR) is 65.5 cm³/mol. The van der Waals surface area contributed by atoms with E-state index < -0.39 is 5.82 Å². The minimum Gasteiger partial charge on any atom is -0.323 e. The topological polar surface area (TPSA) is 26.0 Å². The molecule has 0 saturated carbocycles. The van der Waals surface area contributed by atoms with Gasteiger partial charge < -0.3 is 5.73 Å². The van der Waals surface area contributed by atoms with Gasteiger partial charge in [-0.05, 0) is 27.4 Å². The maximum Gasteiger partial charge on any atom is 0.147 e. The highest BCUT2D eigenvalue weighted by molar-refractivity contribution is 9.10. The number of halogens is 3. The number of hydrogen-bond acceptors (Lipinski definition) is 1. The third-order valence-electron chi connectivity index (χ3n) is 2.33. The van der Waals surface area contributed by atoms with Gasteiger partial charge >= 0.3 is 0 Å². The second kappa shape index (κ2) is 4.40. The van der Waals surface area contributed by atoms with E-state index in [1.165, 1.54) is 0 Å². The molecule has 1 unspecified atom stereocenters. The van der Waals surface area contributed by atoms with Crippen LogP contribution in [0.3, 0.4) is 0 Å². The molecule has 1 nitrogen and oxygen atoms in total. The largest absolute Gasteiger partial charge is 0.323 e. The van der Waals surface area contributed by atoms with Crippen LogP contribution in [0, 0.1) is 11.2 Å². The van der Waals surface area contributed by atoms with Crippen molar-refractivity contribution in [3.63, 3.8) is 0 Å². The fraction of sp³-hybridized carbons (Fsp3) is 0.455. The van der Waals surface area contributed by atoms with E-state index in [-0.39, 0.29) is 16.5 Å². The molecule has 0 aromatic heterocycles. The summed E-state index contributed by atoms with van der Waals surface area (Å²) in [6.07, 6.45) is 0. The van der Waals surface area contributed by atoms with Crippen LogP contribution >= 0.6 is 27.5 Å². The number of benzene rings is 1. The molecule has 0 saturated heterocycles. The summed E-state index contributed by atoms with van der Waals surface area (Å²) in [5.74, 6) is -0.437. The second-order valence-electron chi connectivity index (χ2n) is 4.61. The van der Waals surface area contributed by atoms with E-state index in [1.807, 2.05) is 20.8 Å². The molecule has 1 aromatic rings. The number of hydrogen-bond donors (Lipinski definition) is 1. The van der Waals surface area contributed by atoms with Crippen LogP contribution in [0.1, 0.15) is 32.4 Å². The molecule has 0 bridgehead atoms. The van der Waals surface area contributed by atoms with Gasteiger partial charge in [-0.15, -0.1) is 0 Å².